The van der Waals surface area contributed by atoms with Crippen molar-refractivity contribution in [3.8, 4) is 17.2 Å². The maximum atomic E-state index is 12.2. The topological polar surface area (TPSA) is 98.2 Å². The summed E-state index contributed by atoms with van der Waals surface area (Å²) in [7, 11) is 0. The van der Waals surface area contributed by atoms with E-state index in [-0.39, 0.29) is 13.3 Å². The number of para-hydroxylation sites is 1. The molecular formula is C21H23N3O5. The largest absolute Gasteiger partial charge is 0.493 e. The third-order valence-electron chi connectivity index (χ3n) is 4.11. The van der Waals surface area contributed by atoms with Gasteiger partial charge in [-0.3, -0.25) is 9.59 Å². The van der Waals surface area contributed by atoms with Crippen LogP contribution in [0.25, 0.3) is 0 Å². The Kier molecular flexibility index (Phi) is 7.05. The first kappa shape index (κ1) is 20.2. The van der Waals surface area contributed by atoms with Crippen molar-refractivity contribution in [2.45, 2.75) is 19.8 Å². The summed E-state index contributed by atoms with van der Waals surface area (Å²) >= 11 is 0. The molecule has 2 aromatic rings. The van der Waals surface area contributed by atoms with Crippen LogP contribution < -0.4 is 25.0 Å². The molecule has 0 saturated heterocycles. The second kappa shape index (κ2) is 10.1. The van der Waals surface area contributed by atoms with E-state index in [0.717, 1.165) is 18.4 Å². The molecule has 29 heavy (non-hydrogen) atoms. The monoisotopic (exact) mass is 397 g/mol. The van der Waals surface area contributed by atoms with E-state index in [1.54, 1.807) is 18.2 Å². The van der Waals surface area contributed by atoms with Crippen molar-refractivity contribution in [1.29, 1.82) is 0 Å². The molecule has 152 valence electrons. The average Bonchev–Trinajstić information content (AvgIpc) is 3.21. The standard InChI is InChI=1S/C21H23N3O5/c1-2-3-10-27-17-7-5-4-6-16(17)12-23-24-20(25)13-22-21(26)15-8-9-18-19(11-15)29-14-28-18/h4-9,11-12H,2-3,10,13-14H2,1H3,(H,22,26)(H,24,25)/b23-12+. The molecule has 8 heteroatoms. The van der Waals surface area contributed by atoms with Gasteiger partial charge in [-0.2, -0.15) is 5.10 Å². The van der Waals surface area contributed by atoms with E-state index in [1.807, 2.05) is 24.3 Å². The fourth-order valence-electron chi connectivity index (χ4n) is 2.56. The van der Waals surface area contributed by atoms with Crippen molar-refractivity contribution in [3.05, 3.63) is 53.6 Å². The van der Waals surface area contributed by atoms with E-state index in [2.05, 4.69) is 22.8 Å². The summed E-state index contributed by atoms with van der Waals surface area (Å²) in [5.74, 6) is 0.964. The number of hydrazone groups is 1. The summed E-state index contributed by atoms with van der Waals surface area (Å²) in [5, 5.41) is 6.47. The van der Waals surface area contributed by atoms with Crippen LogP contribution in [-0.4, -0.2) is 38.0 Å². The molecule has 1 aliphatic rings. The SMILES string of the molecule is CCCCOc1ccccc1/C=N/NC(=O)CNC(=O)c1ccc2c(c1)OCO2. The lowest BCUT2D eigenvalue weighted by molar-refractivity contribution is -0.120. The van der Waals surface area contributed by atoms with E-state index >= 15 is 0 Å². The summed E-state index contributed by atoms with van der Waals surface area (Å²) in [6, 6.07) is 12.3. The van der Waals surface area contributed by atoms with Gasteiger partial charge < -0.3 is 19.5 Å². The van der Waals surface area contributed by atoms with Gasteiger partial charge >= 0.3 is 0 Å². The minimum Gasteiger partial charge on any atom is -0.493 e. The summed E-state index contributed by atoms with van der Waals surface area (Å²) < 4.78 is 16.2. The molecule has 1 heterocycles. The van der Waals surface area contributed by atoms with Gasteiger partial charge in [-0.1, -0.05) is 25.5 Å². The lowest BCUT2D eigenvalue weighted by Crippen LogP contribution is -2.34. The number of fused-ring (bicyclic) bond motifs is 1. The van der Waals surface area contributed by atoms with Crippen LogP contribution in [0.15, 0.2) is 47.6 Å². The van der Waals surface area contributed by atoms with E-state index in [0.29, 0.717) is 29.4 Å². The number of hydrogen-bond donors (Lipinski definition) is 2. The summed E-state index contributed by atoms with van der Waals surface area (Å²) in [6.45, 7) is 2.64. The minimum absolute atomic E-state index is 0.133. The van der Waals surface area contributed by atoms with Gasteiger partial charge in [0.1, 0.15) is 5.75 Å². The summed E-state index contributed by atoms with van der Waals surface area (Å²) in [5.41, 5.74) is 3.53. The number of ether oxygens (including phenoxy) is 3. The molecule has 0 saturated carbocycles. The highest BCUT2D eigenvalue weighted by atomic mass is 16.7. The van der Waals surface area contributed by atoms with E-state index in [1.165, 1.54) is 6.21 Å². The molecule has 2 amide bonds. The number of amides is 2. The number of unbranched alkanes of at least 4 members (excludes halogenated alkanes) is 1. The van der Waals surface area contributed by atoms with Gasteiger partial charge in [0.05, 0.1) is 19.4 Å². The first-order valence-electron chi connectivity index (χ1n) is 9.39. The molecule has 1 aliphatic heterocycles. The predicted octanol–water partition coefficient (Wildman–Crippen LogP) is 2.47. The van der Waals surface area contributed by atoms with Gasteiger partial charge in [-0.15, -0.1) is 0 Å². The maximum Gasteiger partial charge on any atom is 0.259 e. The molecule has 3 rings (SSSR count). The Balaban J connectivity index is 1.47. The smallest absolute Gasteiger partial charge is 0.259 e. The fourth-order valence-corrected chi connectivity index (χ4v) is 2.56. The van der Waals surface area contributed by atoms with Gasteiger partial charge in [-0.05, 0) is 36.8 Å². The van der Waals surface area contributed by atoms with Crippen molar-refractivity contribution in [3.63, 3.8) is 0 Å². The number of nitrogens with zero attached hydrogens (tertiary/aromatic N) is 1. The number of benzene rings is 2. The zero-order chi connectivity index (χ0) is 20.5. The van der Waals surface area contributed by atoms with Gasteiger partial charge in [0.25, 0.3) is 11.8 Å². The van der Waals surface area contributed by atoms with Crippen LogP contribution in [0.3, 0.4) is 0 Å². The number of hydrogen-bond acceptors (Lipinski definition) is 6. The maximum absolute atomic E-state index is 12.2. The zero-order valence-electron chi connectivity index (χ0n) is 16.1. The Labute approximate surface area is 168 Å². The number of carbonyl (C=O) groups excluding carboxylic acids is 2. The Morgan fingerprint density at radius 1 is 1.17 bits per heavy atom. The zero-order valence-corrected chi connectivity index (χ0v) is 16.1. The van der Waals surface area contributed by atoms with Crippen LogP contribution in [0.4, 0.5) is 0 Å². The molecule has 0 bridgehead atoms. The molecule has 2 aromatic carbocycles. The van der Waals surface area contributed by atoms with Crippen LogP contribution in [-0.2, 0) is 4.79 Å². The van der Waals surface area contributed by atoms with Crippen molar-refractivity contribution in [2.24, 2.45) is 5.10 Å². The minimum atomic E-state index is -0.445. The molecule has 8 nitrogen and oxygen atoms in total. The molecular weight excluding hydrogens is 374 g/mol. The molecule has 0 aromatic heterocycles. The van der Waals surface area contributed by atoms with Crippen LogP contribution in [0.1, 0.15) is 35.7 Å². The van der Waals surface area contributed by atoms with Crippen LogP contribution in [0.2, 0.25) is 0 Å². The third-order valence-corrected chi connectivity index (χ3v) is 4.11. The van der Waals surface area contributed by atoms with E-state index < -0.39 is 11.8 Å². The fraction of sp³-hybridized carbons (Fsp3) is 0.286. The second-order valence-electron chi connectivity index (χ2n) is 6.28. The summed E-state index contributed by atoms with van der Waals surface area (Å²) in [4.78, 5) is 24.1. The molecule has 0 aliphatic carbocycles. The first-order valence-corrected chi connectivity index (χ1v) is 9.39. The molecule has 0 spiro atoms. The highest BCUT2D eigenvalue weighted by Gasteiger charge is 2.16. The average molecular weight is 397 g/mol. The van der Waals surface area contributed by atoms with Crippen molar-refractivity contribution < 1.29 is 23.8 Å². The normalized spacial score (nSPS) is 12.0. The highest BCUT2D eigenvalue weighted by molar-refractivity contribution is 5.97. The van der Waals surface area contributed by atoms with Crippen LogP contribution >= 0.6 is 0 Å². The third kappa shape index (κ3) is 5.71. The Bertz CT molecular complexity index is 898. The molecule has 0 atom stereocenters. The Morgan fingerprint density at radius 3 is 2.86 bits per heavy atom. The van der Waals surface area contributed by atoms with E-state index in [4.69, 9.17) is 14.2 Å². The highest BCUT2D eigenvalue weighted by Crippen LogP contribution is 2.32. The second-order valence-corrected chi connectivity index (χ2v) is 6.28. The summed E-state index contributed by atoms with van der Waals surface area (Å²) in [6.07, 6.45) is 3.52. The van der Waals surface area contributed by atoms with Gasteiger partial charge in [0.2, 0.25) is 6.79 Å². The lowest BCUT2D eigenvalue weighted by atomic mass is 10.2. The molecule has 0 radical (unpaired) electrons. The van der Waals surface area contributed by atoms with Gasteiger partial charge in [0, 0.05) is 11.1 Å². The van der Waals surface area contributed by atoms with Crippen molar-refractivity contribution >= 4 is 18.0 Å². The first-order chi connectivity index (χ1) is 14.2. The van der Waals surface area contributed by atoms with Crippen LogP contribution in [0.5, 0.6) is 17.2 Å². The number of rotatable bonds is 9. The van der Waals surface area contributed by atoms with E-state index in [9.17, 15) is 9.59 Å². The quantitative estimate of drug-likeness (QED) is 0.385. The molecule has 0 fully saturated rings. The molecule has 2 N–H and O–H groups in total. The number of nitrogens with one attached hydrogen (secondary N) is 2. The molecule has 0 unspecified atom stereocenters. The number of carbonyl (C=O) groups is 2. The van der Waals surface area contributed by atoms with Gasteiger partial charge in [0.15, 0.2) is 11.5 Å². The van der Waals surface area contributed by atoms with Gasteiger partial charge in [-0.25, -0.2) is 5.43 Å². The lowest BCUT2D eigenvalue weighted by Gasteiger charge is -2.08. The van der Waals surface area contributed by atoms with Crippen LogP contribution in [0, 0.1) is 0 Å². The van der Waals surface area contributed by atoms with Crippen molar-refractivity contribution in [1.82, 2.24) is 10.7 Å². The Hall–Kier alpha value is -3.55. The Morgan fingerprint density at radius 2 is 2.00 bits per heavy atom. The predicted molar refractivity (Wildman–Crippen MR) is 107 cm³/mol. The van der Waals surface area contributed by atoms with Crippen molar-refractivity contribution in [2.75, 3.05) is 19.9 Å².